The number of hydrogen-bond acceptors (Lipinski definition) is 4. The number of ether oxygens (including phenoxy) is 1. The Bertz CT molecular complexity index is 427. The first-order valence-electron chi connectivity index (χ1n) is 4.50. The Labute approximate surface area is 93.4 Å². The molecule has 1 heterocycles. The van der Waals surface area contributed by atoms with E-state index in [1.165, 1.54) is 10.9 Å². The highest BCUT2D eigenvalue weighted by molar-refractivity contribution is 8.13. The van der Waals surface area contributed by atoms with E-state index >= 15 is 0 Å². The second-order valence-electron chi connectivity index (χ2n) is 3.10. The predicted molar refractivity (Wildman–Crippen MR) is 56.2 cm³/mol. The van der Waals surface area contributed by atoms with Crippen molar-refractivity contribution in [3.8, 4) is 0 Å². The fourth-order valence-electron chi connectivity index (χ4n) is 1.13. The van der Waals surface area contributed by atoms with E-state index in [-0.39, 0.29) is 11.5 Å². The summed E-state index contributed by atoms with van der Waals surface area (Å²) in [6.07, 6.45) is 2.24. The van der Waals surface area contributed by atoms with Gasteiger partial charge in [-0.05, 0) is 6.42 Å². The molecule has 7 heteroatoms. The van der Waals surface area contributed by atoms with Gasteiger partial charge < -0.3 is 4.74 Å². The molecule has 1 aromatic heterocycles. The first-order valence-corrected chi connectivity index (χ1v) is 6.81. The largest absolute Gasteiger partial charge is 0.375 e. The quantitative estimate of drug-likeness (QED) is 0.585. The monoisotopic (exact) mass is 252 g/mol. The van der Waals surface area contributed by atoms with Crippen molar-refractivity contribution < 1.29 is 13.2 Å². The van der Waals surface area contributed by atoms with Gasteiger partial charge >= 0.3 is 0 Å². The minimum absolute atomic E-state index is 0.0165. The molecule has 0 bridgehead atoms. The highest BCUT2D eigenvalue weighted by atomic mass is 35.7. The lowest BCUT2D eigenvalue weighted by atomic mass is 10.4. The summed E-state index contributed by atoms with van der Waals surface area (Å²) in [5, 5.41) is 3.98. The van der Waals surface area contributed by atoms with E-state index in [2.05, 4.69) is 5.10 Å². The summed E-state index contributed by atoms with van der Waals surface area (Å²) in [7, 11) is 3.15. The Kier molecular flexibility index (Phi) is 4.12. The molecule has 0 N–H and O–H groups in total. The molecule has 0 atom stereocenters. The second kappa shape index (κ2) is 4.96. The highest BCUT2D eigenvalue weighted by Crippen LogP contribution is 2.19. The van der Waals surface area contributed by atoms with Crippen LogP contribution in [0.4, 0.5) is 0 Å². The number of hydrogen-bond donors (Lipinski definition) is 0. The van der Waals surface area contributed by atoms with Crippen LogP contribution >= 0.6 is 10.7 Å². The third kappa shape index (κ3) is 3.48. The normalized spacial score (nSPS) is 11.9. The van der Waals surface area contributed by atoms with Gasteiger partial charge in [-0.2, -0.15) is 5.10 Å². The Morgan fingerprint density at radius 1 is 1.60 bits per heavy atom. The lowest BCUT2D eigenvalue weighted by Crippen LogP contribution is -2.00. The minimum Gasteiger partial charge on any atom is -0.375 e. The second-order valence-corrected chi connectivity index (χ2v) is 5.64. The maximum Gasteiger partial charge on any atom is 0.264 e. The zero-order chi connectivity index (χ0) is 11.5. The van der Waals surface area contributed by atoms with Crippen LogP contribution in [0.15, 0.2) is 11.1 Å². The molecule has 0 aliphatic rings. The van der Waals surface area contributed by atoms with Crippen molar-refractivity contribution >= 4 is 19.7 Å². The summed E-state index contributed by atoms with van der Waals surface area (Å²) >= 11 is 0. The lowest BCUT2D eigenvalue weighted by molar-refractivity contribution is 0.117. The maximum absolute atomic E-state index is 11.2. The molecule has 0 saturated heterocycles. The molecule has 0 radical (unpaired) electrons. The zero-order valence-electron chi connectivity index (χ0n) is 8.60. The molecule has 0 aliphatic heterocycles. The van der Waals surface area contributed by atoms with E-state index in [4.69, 9.17) is 15.4 Å². The summed E-state index contributed by atoms with van der Waals surface area (Å²) in [5.41, 5.74) is 0.348. The molecular weight excluding hydrogens is 240 g/mol. The van der Waals surface area contributed by atoms with Crippen molar-refractivity contribution in [2.75, 3.05) is 6.61 Å². The van der Waals surface area contributed by atoms with Gasteiger partial charge in [-0.1, -0.05) is 6.92 Å². The average Bonchev–Trinajstić information content (AvgIpc) is 2.47. The Hall–Kier alpha value is -0.590. The van der Waals surface area contributed by atoms with Gasteiger partial charge in [0.25, 0.3) is 9.05 Å². The molecule has 0 unspecified atom stereocenters. The van der Waals surface area contributed by atoms with E-state index in [1.54, 1.807) is 7.05 Å². The molecule has 0 amide bonds. The average molecular weight is 253 g/mol. The number of rotatable bonds is 5. The highest BCUT2D eigenvalue weighted by Gasteiger charge is 2.19. The number of aromatic nitrogens is 2. The van der Waals surface area contributed by atoms with Gasteiger partial charge in [-0.25, -0.2) is 8.42 Å². The van der Waals surface area contributed by atoms with Crippen molar-refractivity contribution in [1.82, 2.24) is 9.78 Å². The summed E-state index contributed by atoms with van der Waals surface area (Å²) in [6, 6.07) is 0. The van der Waals surface area contributed by atoms with Gasteiger partial charge in [0.05, 0.1) is 6.61 Å². The van der Waals surface area contributed by atoms with Gasteiger partial charge in [0.1, 0.15) is 10.6 Å². The molecule has 86 valence electrons. The standard InChI is InChI=1S/C8H13ClN2O3S/c1-3-4-14-6-7-8(15(9,12)13)5-11(2)10-7/h5H,3-4,6H2,1-2H3. The molecule has 0 saturated carbocycles. The van der Waals surface area contributed by atoms with E-state index < -0.39 is 9.05 Å². The Balaban J connectivity index is 2.87. The van der Waals surface area contributed by atoms with Gasteiger partial charge in [0.2, 0.25) is 0 Å². The van der Waals surface area contributed by atoms with Crippen molar-refractivity contribution in [3.05, 3.63) is 11.9 Å². The van der Waals surface area contributed by atoms with Gasteiger partial charge in [-0.3, -0.25) is 4.68 Å². The summed E-state index contributed by atoms with van der Waals surface area (Å²) < 4.78 is 28.9. The van der Waals surface area contributed by atoms with E-state index in [0.717, 1.165) is 6.42 Å². The van der Waals surface area contributed by atoms with Gasteiger partial charge in [0.15, 0.2) is 0 Å². The Morgan fingerprint density at radius 2 is 2.27 bits per heavy atom. The number of halogens is 1. The van der Waals surface area contributed by atoms with Crippen LogP contribution in [0.5, 0.6) is 0 Å². The number of aryl methyl sites for hydroxylation is 1. The summed E-state index contributed by atoms with van der Waals surface area (Å²) in [6.45, 7) is 2.70. The lowest BCUT2D eigenvalue weighted by Gasteiger charge is -2.00. The SMILES string of the molecule is CCCOCc1nn(C)cc1S(=O)(=O)Cl. The maximum atomic E-state index is 11.2. The molecule has 5 nitrogen and oxygen atoms in total. The van der Waals surface area contributed by atoms with Crippen molar-refractivity contribution in [3.63, 3.8) is 0 Å². The van der Waals surface area contributed by atoms with Crippen LogP contribution in [0.1, 0.15) is 19.0 Å². The smallest absolute Gasteiger partial charge is 0.264 e. The van der Waals surface area contributed by atoms with Crippen LogP contribution in [-0.2, 0) is 27.4 Å². The molecule has 0 aromatic carbocycles. The van der Waals surface area contributed by atoms with Crippen LogP contribution in [0.3, 0.4) is 0 Å². The minimum atomic E-state index is -3.74. The molecule has 1 rings (SSSR count). The topological polar surface area (TPSA) is 61.2 Å². The number of nitrogens with zero attached hydrogens (tertiary/aromatic N) is 2. The first-order chi connectivity index (χ1) is 6.95. The fraction of sp³-hybridized carbons (Fsp3) is 0.625. The fourth-order valence-corrected chi connectivity index (χ4v) is 2.18. The molecule has 15 heavy (non-hydrogen) atoms. The predicted octanol–water partition coefficient (Wildman–Crippen LogP) is 1.27. The summed E-state index contributed by atoms with van der Waals surface area (Å²) in [5.74, 6) is 0. The van der Waals surface area contributed by atoms with Gasteiger partial charge in [-0.15, -0.1) is 0 Å². The zero-order valence-corrected chi connectivity index (χ0v) is 10.2. The van der Waals surface area contributed by atoms with Crippen molar-refractivity contribution in [1.29, 1.82) is 0 Å². The van der Waals surface area contributed by atoms with E-state index in [1.807, 2.05) is 6.92 Å². The van der Waals surface area contributed by atoms with Crippen molar-refractivity contribution in [2.24, 2.45) is 7.05 Å². The van der Waals surface area contributed by atoms with Crippen molar-refractivity contribution in [2.45, 2.75) is 24.8 Å². The molecule has 1 aromatic rings. The summed E-state index contributed by atoms with van der Waals surface area (Å²) in [4.78, 5) is 0.0165. The molecule has 0 spiro atoms. The van der Waals surface area contributed by atoms with Crippen LogP contribution in [0.25, 0.3) is 0 Å². The van der Waals surface area contributed by atoms with Crippen LogP contribution in [0, 0.1) is 0 Å². The molecule has 0 fully saturated rings. The van der Waals surface area contributed by atoms with E-state index in [0.29, 0.717) is 12.3 Å². The first kappa shape index (κ1) is 12.5. The molecule has 0 aliphatic carbocycles. The Morgan fingerprint density at radius 3 is 2.80 bits per heavy atom. The van der Waals surface area contributed by atoms with Crippen LogP contribution in [-0.4, -0.2) is 24.8 Å². The van der Waals surface area contributed by atoms with Crippen LogP contribution in [0.2, 0.25) is 0 Å². The van der Waals surface area contributed by atoms with E-state index in [9.17, 15) is 8.42 Å². The van der Waals surface area contributed by atoms with Crippen LogP contribution < -0.4 is 0 Å². The van der Waals surface area contributed by atoms with Gasteiger partial charge in [0, 0.05) is 30.5 Å². The third-order valence-corrected chi connectivity index (χ3v) is 3.08. The third-order valence-electron chi connectivity index (χ3n) is 1.72. The molecular formula is C8H13ClN2O3S.